The topological polar surface area (TPSA) is 12.0 Å². The fourth-order valence-electron chi connectivity index (χ4n) is 2.21. The molecule has 106 valence electrons. The summed E-state index contributed by atoms with van der Waals surface area (Å²) in [4.78, 5) is 0. The van der Waals surface area contributed by atoms with Crippen LogP contribution in [-0.2, 0) is 6.42 Å². The Labute approximate surface area is 118 Å². The summed E-state index contributed by atoms with van der Waals surface area (Å²) in [5.74, 6) is -0.470. The number of benzene rings is 2. The second kappa shape index (κ2) is 7.15. The molecule has 0 aliphatic rings. The lowest BCUT2D eigenvalue weighted by atomic mass is 9.98. The maximum absolute atomic E-state index is 13.4. The number of nitrogens with one attached hydrogen (secondary N) is 1. The number of rotatable bonds is 6. The molecule has 20 heavy (non-hydrogen) atoms. The maximum atomic E-state index is 13.4. The van der Waals surface area contributed by atoms with E-state index in [4.69, 9.17) is 0 Å². The zero-order valence-corrected chi connectivity index (χ0v) is 11.6. The predicted octanol–water partition coefficient (Wildman–Crippen LogP) is 4.25. The predicted molar refractivity (Wildman–Crippen MR) is 77.5 cm³/mol. The van der Waals surface area contributed by atoms with Gasteiger partial charge in [-0.1, -0.05) is 31.2 Å². The van der Waals surface area contributed by atoms with Crippen molar-refractivity contribution < 1.29 is 8.78 Å². The first-order valence-electron chi connectivity index (χ1n) is 6.92. The Morgan fingerprint density at radius 3 is 2.40 bits per heavy atom. The van der Waals surface area contributed by atoms with Crippen LogP contribution in [0, 0.1) is 11.6 Å². The molecule has 0 radical (unpaired) electrons. The molecule has 0 aliphatic heterocycles. The van der Waals surface area contributed by atoms with Crippen LogP contribution in [-0.4, -0.2) is 6.54 Å². The van der Waals surface area contributed by atoms with Crippen LogP contribution in [0.4, 0.5) is 8.78 Å². The quantitative estimate of drug-likeness (QED) is 0.831. The van der Waals surface area contributed by atoms with Crippen molar-refractivity contribution in [3.05, 3.63) is 71.3 Å². The highest BCUT2D eigenvalue weighted by Gasteiger charge is 2.12. The van der Waals surface area contributed by atoms with E-state index >= 15 is 0 Å². The van der Waals surface area contributed by atoms with Gasteiger partial charge in [0.1, 0.15) is 11.6 Å². The Kier molecular flexibility index (Phi) is 5.24. The summed E-state index contributed by atoms with van der Waals surface area (Å²) >= 11 is 0. The molecule has 1 nitrogen and oxygen atoms in total. The van der Waals surface area contributed by atoms with Crippen molar-refractivity contribution in [3.8, 4) is 0 Å². The molecular formula is C17H19F2N. The van der Waals surface area contributed by atoms with Gasteiger partial charge in [0.25, 0.3) is 0 Å². The van der Waals surface area contributed by atoms with E-state index in [0.717, 1.165) is 24.1 Å². The lowest BCUT2D eigenvalue weighted by Crippen LogP contribution is -2.24. The van der Waals surface area contributed by atoms with Gasteiger partial charge >= 0.3 is 0 Å². The highest BCUT2D eigenvalue weighted by Crippen LogP contribution is 2.19. The van der Waals surface area contributed by atoms with E-state index in [1.165, 1.54) is 18.2 Å². The van der Waals surface area contributed by atoms with E-state index in [9.17, 15) is 8.78 Å². The first kappa shape index (κ1) is 14.7. The van der Waals surface area contributed by atoms with Gasteiger partial charge in [0.05, 0.1) is 0 Å². The van der Waals surface area contributed by atoms with Crippen molar-refractivity contribution >= 4 is 0 Å². The van der Waals surface area contributed by atoms with E-state index in [-0.39, 0.29) is 17.7 Å². The van der Waals surface area contributed by atoms with Crippen LogP contribution in [0.5, 0.6) is 0 Å². The van der Waals surface area contributed by atoms with Crippen molar-refractivity contribution in [2.45, 2.75) is 25.8 Å². The van der Waals surface area contributed by atoms with Crippen LogP contribution in [0.15, 0.2) is 48.5 Å². The van der Waals surface area contributed by atoms with Gasteiger partial charge < -0.3 is 5.32 Å². The van der Waals surface area contributed by atoms with Crippen molar-refractivity contribution in [2.24, 2.45) is 0 Å². The first-order chi connectivity index (χ1) is 9.69. The highest BCUT2D eigenvalue weighted by atomic mass is 19.1. The fraction of sp³-hybridized carbons (Fsp3) is 0.294. The molecule has 0 saturated carbocycles. The molecule has 2 rings (SSSR count). The monoisotopic (exact) mass is 275 g/mol. The van der Waals surface area contributed by atoms with Gasteiger partial charge in [-0.15, -0.1) is 0 Å². The third kappa shape index (κ3) is 4.14. The molecule has 2 aromatic carbocycles. The summed E-state index contributed by atoms with van der Waals surface area (Å²) in [5.41, 5.74) is 1.95. The number of hydrogen-bond acceptors (Lipinski definition) is 1. The van der Waals surface area contributed by atoms with Gasteiger partial charge in [0.2, 0.25) is 0 Å². The van der Waals surface area contributed by atoms with E-state index in [2.05, 4.69) is 12.2 Å². The smallest absolute Gasteiger partial charge is 0.123 e. The Balaban J connectivity index is 2.16. The molecule has 1 unspecified atom stereocenters. The second-order valence-corrected chi connectivity index (χ2v) is 4.89. The summed E-state index contributed by atoms with van der Waals surface area (Å²) in [6.07, 6.45) is 1.72. The third-order valence-electron chi connectivity index (χ3n) is 3.24. The van der Waals surface area contributed by atoms with E-state index < -0.39 is 0 Å². The Hall–Kier alpha value is -1.74. The highest BCUT2D eigenvalue weighted by molar-refractivity contribution is 5.24. The van der Waals surface area contributed by atoms with E-state index in [1.54, 1.807) is 24.3 Å². The summed E-state index contributed by atoms with van der Waals surface area (Å²) in [5, 5.41) is 3.42. The third-order valence-corrected chi connectivity index (χ3v) is 3.24. The Bertz CT molecular complexity index is 537. The molecule has 1 atom stereocenters. The summed E-state index contributed by atoms with van der Waals surface area (Å²) in [7, 11) is 0. The number of halogens is 2. The average molecular weight is 275 g/mol. The molecular weight excluding hydrogens is 256 g/mol. The van der Waals surface area contributed by atoms with Crippen LogP contribution >= 0.6 is 0 Å². The minimum Gasteiger partial charge on any atom is -0.310 e. The Morgan fingerprint density at radius 2 is 1.75 bits per heavy atom. The van der Waals surface area contributed by atoms with Gasteiger partial charge in [0.15, 0.2) is 0 Å². The zero-order valence-electron chi connectivity index (χ0n) is 11.6. The molecule has 3 heteroatoms. The van der Waals surface area contributed by atoms with E-state index in [1.807, 2.05) is 6.07 Å². The van der Waals surface area contributed by atoms with Crippen LogP contribution < -0.4 is 5.32 Å². The summed E-state index contributed by atoms with van der Waals surface area (Å²) in [6, 6.07) is 13.1. The number of hydrogen-bond donors (Lipinski definition) is 1. The summed E-state index contributed by atoms with van der Waals surface area (Å²) in [6.45, 7) is 2.95. The molecule has 2 aromatic rings. The molecule has 0 bridgehead atoms. The van der Waals surface area contributed by atoms with Crippen molar-refractivity contribution in [3.63, 3.8) is 0 Å². The van der Waals surface area contributed by atoms with Crippen molar-refractivity contribution in [1.82, 2.24) is 5.32 Å². The van der Waals surface area contributed by atoms with Gasteiger partial charge in [0, 0.05) is 6.04 Å². The molecule has 0 saturated heterocycles. The average Bonchev–Trinajstić information content (AvgIpc) is 2.45. The minimum absolute atomic E-state index is 0.0381. The van der Waals surface area contributed by atoms with E-state index in [0.29, 0.717) is 6.42 Å². The molecule has 0 aliphatic carbocycles. The first-order valence-corrected chi connectivity index (χ1v) is 6.92. The lowest BCUT2D eigenvalue weighted by Gasteiger charge is -2.19. The molecule has 0 heterocycles. The summed E-state index contributed by atoms with van der Waals surface area (Å²) < 4.78 is 26.3. The largest absolute Gasteiger partial charge is 0.310 e. The standard InChI is InChI=1S/C17H19F2N/c1-2-10-20-17(14-4-3-5-16(19)12-14)11-13-6-8-15(18)9-7-13/h3-9,12,17,20H,2,10-11H2,1H3. The van der Waals surface area contributed by atoms with Crippen molar-refractivity contribution in [2.75, 3.05) is 6.54 Å². The minimum atomic E-state index is -0.238. The van der Waals surface area contributed by atoms with Crippen LogP contribution in [0.2, 0.25) is 0 Å². The Morgan fingerprint density at radius 1 is 1.00 bits per heavy atom. The molecule has 0 amide bonds. The maximum Gasteiger partial charge on any atom is 0.123 e. The van der Waals surface area contributed by atoms with Crippen LogP contribution in [0.25, 0.3) is 0 Å². The zero-order chi connectivity index (χ0) is 14.4. The fourth-order valence-corrected chi connectivity index (χ4v) is 2.21. The molecule has 1 N–H and O–H groups in total. The lowest BCUT2D eigenvalue weighted by molar-refractivity contribution is 0.523. The second-order valence-electron chi connectivity index (χ2n) is 4.89. The molecule has 0 fully saturated rings. The van der Waals surface area contributed by atoms with Gasteiger partial charge in [-0.3, -0.25) is 0 Å². The molecule has 0 spiro atoms. The normalized spacial score (nSPS) is 12.3. The van der Waals surface area contributed by atoms with Crippen LogP contribution in [0.3, 0.4) is 0 Å². The van der Waals surface area contributed by atoms with Gasteiger partial charge in [-0.05, 0) is 54.8 Å². The van der Waals surface area contributed by atoms with Crippen molar-refractivity contribution in [1.29, 1.82) is 0 Å². The van der Waals surface area contributed by atoms with Crippen LogP contribution in [0.1, 0.15) is 30.5 Å². The van der Waals surface area contributed by atoms with Gasteiger partial charge in [-0.2, -0.15) is 0 Å². The van der Waals surface area contributed by atoms with Gasteiger partial charge in [-0.25, -0.2) is 8.78 Å². The SMILES string of the molecule is CCCNC(Cc1ccc(F)cc1)c1cccc(F)c1. The molecule has 0 aromatic heterocycles.